The van der Waals surface area contributed by atoms with E-state index in [1.165, 1.54) is 22.8 Å². The summed E-state index contributed by atoms with van der Waals surface area (Å²) in [6.45, 7) is 1.34. The van der Waals surface area contributed by atoms with Gasteiger partial charge in [-0.1, -0.05) is 0 Å². The molecule has 8 rings (SSSR count). The molecule has 0 radical (unpaired) electrons. The molecule has 0 spiro atoms. The number of halogens is 5. The first-order valence-electron chi connectivity index (χ1n) is 15.8. The van der Waals surface area contributed by atoms with Crippen LogP contribution in [0.4, 0.5) is 27.8 Å². The van der Waals surface area contributed by atoms with Crippen molar-refractivity contribution >= 4 is 46.0 Å². The Balaban J connectivity index is 1.32. The summed E-state index contributed by atoms with van der Waals surface area (Å²) in [6.07, 6.45) is 1.32. The van der Waals surface area contributed by atoms with Crippen molar-refractivity contribution in [1.82, 2.24) is 25.1 Å². The monoisotopic (exact) mass is 764 g/mol. The molecule has 0 saturated carbocycles. The number of nitrogens with zero attached hydrogens (tertiary/aromatic N) is 5. The second-order valence-electron chi connectivity index (χ2n) is 13.4. The van der Waals surface area contributed by atoms with Crippen LogP contribution >= 0.6 is 0 Å². The Morgan fingerprint density at radius 1 is 1.26 bits per heavy atom. The molecular weight excluding hydrogens is 730 g/mol. The molecule has 4 aromatic rings. The Labute approximate surface area is 270 Å². The van der Waals surface area contributed by atoms with Gasteiger partial charge in [0, 0.05) is 0 Å². The Morgan fingerprint density at radius 2 is 2.06 bits per heavy atom. The molecule has 248 valence electrons. The third kappa shape index (κ3) is 4.71. The van der Waals surface area contributed by atoms with E-state index in [0.29, 0.717) is 10.9 Å². The Hall–Kier alpha value is -3.27. The molecule has 6 heterocycles. The van der Waals surface area contributed by atoms with Crippen LogP contribution in [0.1, 0.15) is 43.2 Å². The number of aliphatic hydroxyl groups is 1. The molecule has 2 saturated heterocycles. The van der Waals surface area contributed by atoms with Crippen molar-refractivity contribution in [1.29, 1.82) is 0 Å². The van der Waals surface area contributed by atoms with Gasteiger partial charge in [0.15, 0.2) is 0 Å². The van der Waals surface area contributed by atoms with E-state index in [1.807, 2.05) is 0 Å². The van der Waals surface area contributed by atoms with Gasteiger partial charge in [0.25, 0.3) is 0 Å². The zero-order chi connectivity index (χ0) is 32.9. The number of likely N-dealkylation sites (N-methyl/N-ethyl adjacent to an activating group) is 1. The zero-order valence-electron chi connectivity index (χ0n) is 25.8. The summed E-state index contributed by atoms with van der Waals surface area (Å²) in [5.74, 6) is -0.993. The number of anilines is 1. The zero-order valence-corrected chi connectivity index (χ0v) is 28.7. The van der Waals surface area contributed by atoms with Gasteiger partial charge in [-0.3, -0.25) is 0 Å². The maximum absolute atomic E-state index is 16.9. The van der Waals surface area contributed by atoms with Crippen molar-refractivity contribution in [3.05, 3.63) is 38.9 Å². The first-order chi connectivity index (χ1) is 22.5. The number of hydrogen-bond acceptors (Lipinski definition) is 8. The van der Waals surface area contributed by atoms with Gasteiger partial charge in [0.2, 0.25) is 0 Å². The van der Waals surface area contributed by atoms with E-state index in [1.54, 1.807) is 11.9 Å². The van der Waals surface area contributed by atoms with Crippen LogP contribution in [-0.4, -0.2) is 87.7 Å². The minimum atomic E-state index is -4.84. The molecule has 1 aromatic carbocycles. The van der Waals surface area contributed by atoms with E-state index in [-0.39, 0.29) is 74.7 Å². The summed E-state index contributed by atoms with van der Waals surface area (Å²) in [5, 5.41) is 16.5. The van der Waals surface area contributed by atoms with Crippen LogP contribution in [0.15, 0.2) is 21.9 Å². The van der Waals surface area contributed by atoms with Gasteiger partial charge >= 0.3 is 271 Å². The number of nitrogens with one attached hydrogen (secondary N) is 1. The average Bonchev–Trinajstić information content (AvgIpc) is 3.61. The van der Waals surface area contributed by atoms with Crippen LogP contribution in [0.2, 0.25) is 12.3 Å². The van der Waals surface area contributed by atoms with Crippen LogP contribution in [0, 0.1) is 12.7 Å². The number of ether oxygens (including phenoxy) is 2. The first-order valence-corrected chi connectivity index (χ1v) is 22.7. The Kier molecular flexibility index (Phi) is 7.18. The molecule has 47 heavy (non-hydrogen) atoms. The fraction of sp³-hybridized carbons (Fsp3) is 0.500. The summed E-state index contributed by atoms with van der Waals surface area (Å²) >= 11 is -3.05. The van der Waals surface area contributed by atoms with Crippen molar-refractivity contribution in [2.75, 3.05) is 31.8 Å². The topological polar surface area (TPSA) is 109 Å². The van der Waals surface area contributed by atoms with Crippen LogP contribution < -0.4 is 14.4 Å². The predicted octanol–water partition coefficient (Wildman–Crippen LogP) is 6.59. The molecule has 3 aliphatic heterocycles. The van der Waals surface area contributed by atoms with Gasteiger partial charge < -0.3 is 0 Å². The van der Waals surface area contributed by atoms with E-state index in [2.05, 4.69) is 31.2 Å². The number of H-pyrrole nitrogens is 1. The van der Waals surface area contributed by atoms with Crippen LogP contribution in [0.25, 0.3) is 33.1 Å². The molecule has 1 unspecified atom stereocenters. The number of aryl methyl sites for hydroxylation is 1. The van der Waals surface area contributed by atoms with Crippen LogP contribution in [0.5, 0.6) is 11.9 Å². The first kappa shape index (κ1) is 31.0. The van der Waals surface area contributed by atoms with Crippen LogP contribution in [0.3, 0.4) is 0 Å². The maximum atomic E-state index is 16.9. The average molecular weight is 763 g/mol. The molecular formula is C32H33F5N6O3Sn. The summed E-state index contributed by atoms with van der Waals surface area (Å²) in [4.78, 5) is 15.3. The van der Waals surface area contributed by atoms with E-state index in [4.69, 9.17) is 9.47 Å². The number of aromatic amines is 1. The van der Waals surface area contributed by atoms with E-state index in [9.17, 15) is 18.3 Å². The molecule has 15 heteroatoms. The normalized spacial score (nSPS) is 26.8. The van der Waals surface area contributed by atoms with E-state index < -0.39 is 59.4 Å². The number of hydrogen-bond donors (Lipinski definition) is 2. The van der Waals surface area contributed by atoms with Crippen LogP contribution in [-0.2, 0) is 6.18 Å². The van der Waals surface area contributed by atoms with Crippen molar-refractivity contribution in [3.63, 3.8) is 0 Å². The van der Waals surface area contributed by atoms with E-state index in [0.717, 1.165) is 23.7 Å². The summed E-state index contributed by atoms with van der Waals surface area (Å²) in [6, 6.07) is 0.752. The van der Waals surface area contributed by atoms with Gasteiger partial charge in [0.1, 0.15) is 0 Å². The third-order valence-corrected chi connectivity index (χ3v) is 29.8. The molecule has 0 amide bonds. The molecule has 0 bridgehead atoms. The SMILES string of the molecule is Cc1cc2[nH]ncc2c(-c2nc3c4c(nc(OC[C@@]56CC[CH2][Sn]5([C]5=CC5)[CH2][C@H](F)C6)nc4c2F)N(C)[C@@H](CCO)CO3)c1C(F)(F)F. The minimum absolute atomic E-state index is 0.00491. The third-order valence-electron chi connectivity index (χ3n) is 10.9. The Morgan fingerprint density at radius 3 is 2.81 bits per heavy atom. The number of fused-ring (bicyclic) bond motifs is 2. The number of rotatable bonds is 7. The van der Waals surface area contributed by atoms with Gasteiger partial charge in [-0.25, -0.2) is 0 Å². The van der Waals surface area contributed by atoms with Gasteiger partial charge in [0.05, 0.1) is 0 Å². The predicted molar refractivity (Wildman–Crippen MR) is 167 cm³/mol. The van der Waals surface area contributed by atoms with Gasteiger partial charge in [-0.05, 0) is 0 Å². The molecule has 2 N–H and O–H groups in total. The number of pyridine rings is 1. The molecule has 2 fully saturated rings. The van der Waals surface area contributed by atoms with Gasteiger partial charge in [-0.15, -0.1) is 0 Å². The number of benzene rings is 1. The second kappa shape index (κ2) is 10.9. The molecule has 1 aliphatic carbocycles. The van der Waals surface area contributed by atoms with Crippen molar-refractivity contribution < 1.29 is 36.5 Å². The number of alkyl halides is 4. The second-order valence-corrected chi connectivity index (χ2v) is 27.1. The number of aromatic nitrogens is 5. The van der Waals surface area contributed by atoms with E-state index >= 15 is 8.78 Å². The quantitative estimate of drug-likeness (QED) is 0.161. The van der Waals surface area contributed by atoms with Crippen molar-refractivity contribution in [3.8, 4) is 23.1 Å². The fourth-order valence-corrected chi connectivity index (χ4v) is 27.6. The number of allylic oxidation sites excluding steroid dienone is 2. The molecule has 4 atom stereocenters. The van der Waals surface area contributed by atoms with Gasteiger partial charge in [-0.2, -0.15) is 0 Å². The van der Waals surface area contributed by atoms with Crippen molar-refractivity contribution in [2.45, 2.75) is 69.7 Å². The summed E-state index contributed by atoms with van der Waals surface area (Å²) in [7, 11) is 1.72. The molecule has 3 aromatic heterocycles. The fourth-order valence-electron chi connectivity index (χ4n) is 8.69. The Bertz CT molecular complexity index is 1970. The van der Waals surface area contributed by atoms with Crippen molar-refractivity contribution in [2.24, 2.45) is 0 Å². The number of aliphatic hydroxyl groups excluding tert-OH is 1. The molecule has 9 nitrogen and oxygen atoms in total. The summed E-state index contributed by atoms with van der Waals surface area (Å²) in [5.41, 5.74) is -2.26. The summed E-state index contributed by atoms with van der Waals surface area (Å²) < 4.78 is 91.2. The standard InChI is InChI=1S/C29H30F5N6O3.C3H3.Sn/c1-5-6-16(10-15(3)30)12-43-28-37-25-21-26(38-28)40(4)17(7-8-41)13-42-27(21)36-24(23(25)31)20-18-11-35-39-19(18)9-14(2)22(20)29(32,33)34;1-2-3-1;/h9,11,15,17,41H,1,3,5-8,10,12-13H2,2,4H3,(H,35,39);1H,2H2;/t15-,17-;;/m0../s1. The molecule has 4 aliphatic rings.